The van der Waals surface area contributed by atoms with E-state index in [1.165, 1.54) is 29.6 Å². The molecule has 0 aliphatic carbocycles. The minimum atomic E-state index is -3.99. The van der Waals surface area contributed by atoms with Gasteiger partial charge in [-0.05, 0) is 29.8 Å². The van der Waals surface area contributed by atoms with E-state index in [0.29, 0.717) is 13.1 Å². The van der Waals surface area contributed by atoms with E-state index in [-0.39, 0.29) is 34.4 Å². The quantitative estimate of drug-likeness (QED) is 0.746. The van der Waals surface area contributed by atoms with E-state index in [2.05, 4.69) is 10.3 Å². The van der Waals surface area contributed by atoms with Crippen LogP contribution in [0.25, 0.3) is 0 Å². The van der Waals surface area contributed by atoms with Crippen molar-refractivity contribution in [3.05, 3.63) is 58.9 Å². The van der Waals surface area contributed by atoms with Crippen molar-refractivity contribution in [2.45, 2.75) is 10.9 Å². The van der Waals surface area contributed by atoms with Crippen LogP contribution in [0.5, 0.6) is 0 Å². The summed E-state index contributed by atoms with van der Waals surface area (Å²) in [6.45, 7) is 1.21. The van der Waals surface area contributed by atoms with Crippen molar-refractivity contribution in [2.75, 3.05) is 26.7 Å². The van der Waals surface area contributed by atoms with Crippen LogP contribution >= 0.6 is 24.0 Å². The van der Waals surface area contributed by atoms with Gasteiger partial charge in [0.25, 0.3) is 0 Å². The van der Waals surface area contributed by atoms with E-state index < -0.39 is 22.0 Å². The summed E-state index contributed by atoms with van der Waals surface area (Å²) in [6.07, 6.45) is 3.27. The van der Waals surface area contributed by atoms with Gasteiger partial charge < -0.3 is 10.1 Å². The van der Waals surface area contributed by atoms with Crippen LogP contribution in [-0.4, -0.2) is 50.4 Å². The number of rotatable bonds is 4. The molecule has 1 aromatic carbocycles. The summed E-state index contributed by atoms with van der Waals surface area (Å²) in [5.41, 5.74) is 0.727. The number of aromatic nitrogens is 1. The number of sulfonamides is 1. The monoisotopic (exact) mass is 431 g/mol. The lowest BCUT2D eigenvalue weighted by Crippen LogP contribution is -2.48. The lowest BCUT2D eigenvalue weighted by molar-refractivity contribution is 0.0596. The van der Waals surface area contributed by atoms with Crippen LogP contribution < -0.4 is 5.32 Å². The predicted molar refractivity (Wildman–Crippen MR) is 104 cm³/mol. The second kappa shape index (κ2) is 8.99. The van der Waals surface area contributed by atoms with E-state index in [1.54, 1.807) is 18.5 Å². The molecule has 2 aromatic rings. The fourth-order valence-electron chi connectivity index (χ4n) is 2.95. The summed E-state index contributed by atoms with van der Waals surface area (Å²) >= 11 is 6.01. The molecule has 1 saturated heterocycles. The number of esters is 1. The lowest BCUT2D eigenvalue weighted by Gasteiger charge is -2.35. The molecular weight excluding hydrogens is 413 g/mol. The minimum absolute atomic E-state index is 0. The zero-order chi connectivity index (χ0) is 18.7. The number of carbonyl (C=O) groups is 1. The number of ether oxygens (including phenoxy) is 1. The van der Waals surface area contributed by atoms with Gasteiger partial charge in [-0.15, -0.1) is 12.4 Å². The molecule has 0 amide bonds. The third kappa shape index (κ3) is 4.41. The van der Waals surface area contributed by atoms with Crippen LogP contribution in [0.4, 0.5) is 0 Å². The summed E-state index contributed by atoms with van der Waals surface area (Å²) in [5, 5.41) is 3.42. The molecule has 1 N–H and O–H groups in total. The largest absolute Gasteiger partial charge is 0.465 e. The molecule has 27 heavy (non-hydrogen) atoms. The summed E-state index contributed by atoms with van der Waals surface area (Å²) in [7, 11) is -2.78. The van der Waals surface area contributed by atoms with Gasteiger partial charge in [0.2, 0.25) is 10.0 Å². The van der Waals surface area contributed by atoms with Crippen molar-refractivity contribution in [1.29, 1.82) is 0 Å². The Kier molecular flexibility index (Phi) is 7.19. The summed E-state index contributed by atoms with van der Waals surface area (Å²) in [5.74, 6) is -0.728. The van der Waals surface area contributed by atoms with E-state index in [1.807, 2.05) is 6.07 Å². The number of hydrogen-bond acceptors (Lipinski definition) is 6. The number of nitrogens with zero attached hydrogens (tertiary/aromatic N) is 2. The average molecular weight is 432 g/mol. The molecule has 146 valence electrons. The third-order valence-electron chi connectivity index (χ3n) is 4.20. The molecule has 7 nitrogen and oxygen atoms in total. The predicted octanol–water partition coefficient (Wildman–Crippen LogP) is 2.28. The number of nitrogens with one attached hydrogen (secondary N) is 1. The van der Waals surface area contributed by atoms with Gasteiger partial charge in [0.15, 0.2) is 0 Å². The number of pyridine rings is 1. The molecule has 0 spiro atoms. The molecule has 0 radical (unpaired) electrons. The van der Waals surface area contributed by atoms with Gasteiger partial charge >= 0.3 is 5.97 Å². The van der Waals surface area contributed by atoms with Crippen molar-refractivity contribution in [2.24, 2.45) is 0 Å². The first-order valence-electron chi connectivity index (χ1n) is 7.95. The number of halogens is 2. The molecule has 2 heterocycles. The van der Waals surface area contributed by atoms with Crippen LogP contribution in [-0.2, 0) is 14.8 Å². The zero-order valence-corrected chi connectivity index (χ0v) is 16.9. The summed E-state index contributed by atoms with van der Waals surface area (Å²) in [6, 6.07) is 7.25. The van der Waals surface area contributed by atoms with Gasteiger partial charge in [0, 0.05) is 37.1 Å². The van der Waals surface area contributed by atoms with E-state index in [9.17, 15) is 13.2 Å². The molecule has 0 bridgehead atoms. The topological polar surface area (TPSA) is 88.6 Å². The first-order chi connectivity index (χ1) is 12.4. The van der Waals surface area contributed by atoms with Crippen molar-refractivity contribution in [1.82, 2.24) is 14.6 Å². The van der Waals surface area contributed by atoms with Crippen molar-refractivity contribution in [3.63, 3.8) is 0 Å². The van der Waals surface area contributed by atoms with Crippen LogP contribution in [0.3, 0.4) is 0 Å². The molecule has 1 unspecified atom stereocenters. The number of piperazine rings is 1. The molecule has 0 saturated carbocycles. The van der Waals surface area contributed by atoms with Gasteiger partial charge in [-0.3, -0.25) is 4.98 Å². The molecule has 10 heteroatoms. The molecular formula is C17H19Cl2N3O4S. The van der Waals surface area contributed by atoms with Crippen molar-refractivity contribution >= 4 is 40.0 Å². The summed E-state index contributed by atoms with van der Waals surface area (Å²) in [4.78, 5) is 16.0. The Bertz CT molecular complexity index is 910. The number of benzene rings is 1. The van der Waals surface area contributed by atoms with Crippen LogP contribution in [0.15, 0.2) is 47.6 Å². The van der Waals surface area contributed by atoms with Gasteiger partial charge in [-0.25, -0.2) is 13.2 Å². The van der Waals surface area contributed by atoms with Crippen LogP contribution in [0, 0.1) is 0 Å². The Morgan fingerprint density at radius 2 is 2.15 bits per heavy atom. The highest BCUT2D eigenvalue weighted by atomic mass is 35.5. The smallest absolute Gasteiger partial charge is 0.339 e. The standard InChI is InChI=1S/C17H18ClN3O4S.ClH/c1-25-17(22)14-5-4-13(18)9-16(14)26(23,24)21-8-7-20-11-15(21)12-3-2-6-19-10-12;/h2-6,9-10,15,20H,7-8,11H2,1H3;1H. The number of hydrogen-bond donors (Lipinski definition) is 1. The van der Waals surface area contributed by atoms with Crippen LogP contribution in [0.2, 0.25) is 5.02 Å². The second-order valence-corrected chi connectivity index (χ2v) is 8.05. The van der Waals surface area contributed by atoms with Gasteiger partial charge in [-0.1, -0.05) is 17.7 Å². The molecule has 1 aromatic heterocycles. The van der Waals surface area contributed by atoms with E-state index >= 15 is 0 Å². The molecule has 3 rings (SSSR count). The fourth-order valence-corrected chi connectivity index (χ4v) is 5.00. The average Bonchev–Trinajstić information content (AvgIpc) is 2.68. The first-order valence-corrected chi connectivity index (χ1v) is 9.77. The Morgan fingerprint density at radius 1 is 1.37 bits per heavy atom. The lowest BCUT2D eigenvalue weighted by atomic mass is 10.1. The van der Waals surface area contributed by atoms with Gasteiger partial charge in [0.05, 0.1) is 23.6 Å². The van der Waals surface area contributed by atoms with Crippen molar-refractivity contribution in [3.8, 4) is 0 Å². The maximum absolute atomic E-state index is 13.4. The zero-order valence-electron chi connectivity index (χ0n) is 14.5. The second-order valence-electron chi connectivity index (χ2n) is 5.75. The molecule has 1 aliphatic rings. The van der Waals surface area contributed by atoms with E-state index in [0.717, 1.165) is 5.56 Å². The fraction of sp³-hybridized carbons (Fsp3) is 0.294. The maximum atomic E-state index is 13.4. The highest BCUT2D eigenvalue weighted by Crippen LogP contribution is 2.31. The van der Waals surface area contributed by atoms with Crippen molar-refractivity contribution < 1.29 is 17.9 Å². The number of methoxy groups -OCH3 is 1. The Balaban J connectivity index is 0.00000261. The minimum Gasteiger partial charge on any atom is -0.465 e. The van der Waals surface area contributed by atoms with Gasteiger partial charge in [-0.2, -0.15) is 4.31 Å². The Labute approximate surface area is 169 Å². The Hall–Kier alpha value is -1.71. The third-order valence-corrected chi connectivity index (χ3v) is 6.38. The molecule has 1 fully saturated rings. The SMILES string of the molecule is COC(=O)c1ccc(Cl)cc1S(=O)(=O)N1CCNCC1c1cccnc1.Cl. The Morgan fingerprint density at radius 3 is 2.81 bits per heavy atom. The van der Waals surface area contributed by atoms with Gasteiger partial charge in [0.1, 0.15) is 0 Å². The van der Waals surface area contributed by atoms with E-state index in [4.69, 9.17) is 16.3 Å². The maximum Gasteiger partial charge on any atom is 0.339 e. The highest BCUT2D eigenvalue weighted by molar-refractivity contribution is 7.89. The number of carbonyl (C=O) groups excluding carboxylic acids is 1. The highest BCUT2D eigenvalue weighted by Gasteiger charge is 2.37. The first kappa shape index (κ1) is 21.6. The van der Waals surface area contributed by atoms with Crippen LogP contribution in [0.1, 0.15) is 22.0 Å². The molecule has 1 aliphatic heterocycles. The summed E-state index contributed by atoms with van der Waals surface area (Å²) < 4.78 is 32.8. The molecule has 1 atom stereocenters. The normalized spacial score (nSPS) is 17.8.